The van der Waals surface area contributed by atoms with Crippen molar-refractivity contribution in [3.8, 4) is 33.4 Å². The third-order valence-electron chi connectivity index (χ3n) is 9.90. The Hall–Kier alpha value is -4.58. The van der Waals surface area contributed by atoms with Gasteiger partial charge in [0.05, 0.1) is 0 Å². The fourth-order valence-corrected chi connectivity index (χ4v) is 10.9. The number of fused-ring (bicyclic) bond motifs is 7. The molecular formula is C44H31NS3. The maximum atomic E-state index is 3.69. The second-order valence-electron chi connectivity index (χ2n) is 12.8. The SMILES string of the molecule is C/C=C\c1c(C)sc2cc(-c3cc(-c4ccc5c(c4)sc4ccccc45)cc(-c4ccc5c(c4)sc4ccccc45)c3C3CN3)ccc12. The van der Waals surface area contributed by atoms with Gasteiger partial charge in [-0.05, 0) is 106 Å². The van der Waals surface area contributed by atoms with E-state index in [1.165, 1.54) is 99.8 Å². The van der Waals surface area contributed by atoms with Crippen molar-refractivity contribution in [1.82, 2.24) is 5.32 Å². The van der Waals surface area contributed by atoms with Crippen LogP contribution in [0.3, 0.4) is 0 Å². The van der Waals surface area contributed by atoms with E-state index in [9.17, 15) is 0 Å². The molecule has 6 aromatic carbocycles. The van der Waals surface area contributed by atoms with Crippen molar-refractivity contribution < 1.29 is 0 Å². The average molecular weight is 670 g/mol. The topological polar surface area (TPSA) is 21.9 Å². The first kappa shape index (κ1) is 28.4. The maximum absolute atomic E-state index is 3.69. The summed E-state index contributed by atoms with van der Waals surface area (Å²) in [6, 6.07) is 44.1. The Labute approximate surface area is 291 Å². The van der Waals surface area contributed by atoms with E-state index in [0.29, 0.717) is 6.04 Å². The van der Waals surface area contributed by atoms with Gasteiger partial charge >= 0.3 is 0 Å². The smallest absolute Gasteiger partial charge is 0.0460 e. The lowest BCUT2D eigenvalue weighted by molar-refractivity contribution is 1.08. The van der Waals surface area contributed by atoms with Gasteiger partial charge in [0.2, 0.25) is 0 Å². The Morgan fingerprint density at radius 2 is 1.04 bits per heavy atom. The highest BCUT2D eigenvalue weighted by molar-refractivity contribution is 7.26. The Balaban J connectivity index is 1.23. The zero-order valence-electron chi connectivity index (χ0n) is 26.6. The molecule has 1 unspecified atom stereocenters. The van der Waals surface area contributed by atoms with Crippen LogP contribution in [-0.2, 0) is 0 Å². The van der Waals surface area contributed by atoms with E-state index in [-0.39, 0.29) is 0 Å². The molecule has 3 aromatic heterocycles. The second kappa shape index (κ2) is 11.0. The number of hydrogen-bond donors (Lipinski definition) is 1. The largest absolute Gasteiger partial charge is 0.307 e. The van der Waals surface area contributed by atoms with Crippen LogP contribution in [-0.4, -0.2) is 6.54 Å². The molecule has 230 valence electrons. The summed E-state index contributed by atoms with van der Waals surface area (Å²) in [5, 5.41) is 10.4. The number of benzene rings is 6. The molecule has 4 heterocycles. The summed E-state index contributed by atoms with van der Waals surface area (Å²) in [6.45, 7) is 5.35. The highest BCUT2D eigenvalue weighted by atomic mass is 32.1. The van der Waals surface area contributed by atoms with Gasteiger partial charge in [0.15, 0.2) is 0 Å². The van der Waals surface area contributed by atoms with Gasteiger partial charge in [0.1, 0.15) is 0 Å². The summed E-state index contributed by atoms with van der Waals surface area (Å²) < 4.78 is 6.71. The molecule has 1 saturated heterocycles. The van der Waals surface area contributed by atoms with Gasteiger partial charge in [-0.3, -0.25) is 0 Å². The minimum Gasteiger partial charge on any atom is -0.307 e. The molecule has 48 heavy (non-hydrogen) atoms. The van der Waals surface area contributed by atoms with Crippen LogP contribution in [0.25, 0.3) is 89.9 Å². The Bertz CT molecular complexity index is 2770. The van der Waals surface area contributed by atoms with E-state index in [1.54, 1.807) is 0 Å². The summed E-state index contributed by atoms with van der Waals surface area (Å²) in [4.78, 5) is 1.37. The van der Waals surface area contributed by atoms with Crippen LogP contribution in [0.4, 0.5) is 0 Å². The summed E-state index contributed by atoms with van der Waals surface area (Å²) in [5.41, 5.74) is 10.5. The number of nitrogens with one attached hydrogen (secondary N) is 1. The Morgan fingerprint density at radius 3 is 1.62 bits per heavy atom. The zero-order chi connectivity index (χ0) is 31.9. The highest BCUT2D eigenvalue weighted by Gasteiger charge is 2.30. The van der Waals surface area contributed by atoms with E-state index < -0.39 is 0 Å². The molecule has 0 radical (unpaired) electrons. The first-order chi connectivity index (χ1) is 23.6. The van der Waals surface area contributed by atoms with E-state index in [2.05, 4.69) is 147 Å². The monoisotopic (exact) mass is 669 g/mol. The van der Waals surface area contributed by atoms with Gasteiger partial charge in [0, 0.05) is 62.5 Å². The van der Waals surface area contributed by atoms with Crippen LogP contribution in [0, 0.1) is 6.92 Å². The van der Waals surface area contributed by atoms with Crippen LogP contribution in [0.5, 0.6) is 0 Å². The Morgan fingerprint density at radius 1 is 0.542 bits per heavy atom. The summed E-state index contributed by atoms with van der Waals surface area (Å²) in [7, 11) is 0. The third-order valence-corrected chi connectivity index (χ3v) is 13.2. The fraction of sp³-hybridized carbons (Fsp3) is 0.0909. The average Bonchev–Trinajstić information content (AvgIpc) is 3.69. The van der Waals surface area contributed by atoms with Gasteiger partial charge in [-0.2, -0.15) is 0 Å². The number of aryl methyl sites for hydroxylation is 1. The molecule has 1 fully saturated rings. The molecule has 1 atom stereocenters. The molecule has 0 saturated carbocycles. The number of thiophene rings is 3. The van der Waals surface area contributed by atoms with E-state index in [0.717, 1.165) is 6.54 Å². The van der Waals surface area contributed by atoms with Crippen LogP contribution in [0.1, 0.15) is 29.0 Å². The normalized spacial score (nSPS) is 14.8. The standard InChI is InChI=1S/C44H31NS3/c1-3-8-30-25(2)46-41-22-27(14-17-33(30)41)36-19-29(26-13-16-34-31-9-4-6-11-39(31)47-42(34)21-26)20-37(44(36)38-24-45-38)28-15-18-35-32-10-5-7-12-40(32)48-43(35)23-28/h3-23,38,45H,24H2,1-2H3/b8-3-. The first-order valence-electron chi connectivity index (χ1n) is 16.5. The van der Waals surface area contributed by atoms with Gasteiger partial charge < -0.3 is 5.32 Å². The quantitative estimate of drug-likeness (QED) is 0.181. The minimum atomic E-state index is 0.339. The molecule has 0 amide bonds. The lowest BCUT2D eigenvalue weighted by atomic mass is 9.86. The molecular weight excluding hydrogens is 639 g/mol. The molecule has 1 aliphatic heterocycles. The maximum Gasteiger partial charge on any atom is 0.0460 e. The van der Waals surface area contributed by atoms with Crippen molar-refractivity contribution in [2.24, 2.45) is 0 Å². The predicted octanol–water partition coefficient (Wildman–Crippen LogP) is 13.6. The van der Waals surface area contributed by atoms with Crippen LogP contribution in [0.2, 0.25) is 0 Å². The van der Waals surface area contributed by atoms with Gasteiger partial charge in [-0.1, -0.05) is 84.9 Å². The fourth-order valence-electron chi connectivity index (χ4n) is 7.52. The van der Waals surface area contributed by atoms with Crippen LogP contribution in [0.15, 0.2) is 121 Å². The van der Waals surface area contributed by atoms with Gasteiger partial charge in [0.25, 0.3) is 0 Å². The van der Waals surface area contributed by atoms with Crippen molar-refractivity contribution in [2.45, 2.75) is 19.9 Å². The van der Waals surface area contributed by atoms with Crippen molar-refractivity contribution in [3.05, 3.63) is 137 Å². The molecule has 1 N–H and O–H groups in total. The van der Waals surface area contributed by atoms with E-state index in [4.69, 9.17) is 0 Å². The summed E-state index contributed by atoms with van der Waals surface area (Å²) in [6.07, 6.45) is 4.40. The van der Waals surface area contributed by atoms with Crippen LogP contribution >= 0.6 is 34.0 Å². The van der Waals surface area contributed by atoms with E-state index >= 15 is 0 Å². The predicted molar refractivity (Wildman–Crippen MR) is 214 cm³/mol. The highest BCUT2D eigenvalue weighted by Crippen LogP contribution is 2.47. The van der Waals surface area contributed by atoms with Gasteiger partial charge in [-0.15, -0.1) is 34.0 Å². The van der Waals surface area contributed by atoms with Gasteiger partial charge in [-0.25, -0.2) is 0 Å². The van der Waals surface area contributed by atoms with E-state index in [1.807, 2.05) is 34.0 Å². The number of rotatable bonds is 5. The number of allylic oxidation sites excluding steroid dienone is 1. The third kappa shape index (κ3) is 4.52. The molecule has 1 aliphatic rings. The van der Waals surface area contributed by atoms with Crippen molar-refractivity contribution >= 4 is 90.5 Å². The zero-order valence-corrected chi connectivity index (χ0v) is 29.1. The summed E-state index contributed by atoms with van der Waals surface area (Å²) in [5.74, 6) is 0. The molecule has 0 spiro atoms. The second-order valence-corrected chi connectivity index (χ2v) is 16.3. The molecule has 9 aromatic rings. The number of hydrogen-bond acceptors (Lipinski definition) is 4. The Kier molecular flexibility index (Phi) is 6.50. The van der Waals surface area contributed by atoms with Crippen LogP contribution < -0.4 is 5.32 Å². The molecule has 10 rings (SSSR count). The molecule has 1 nitrogen and oxygen atoms in total. The molecule has 4 heteroatoms. The molecule has 0 bridgehead atoms. The minimum absolute atomic E-state index is 0.339. The first-order valence-corrected chi connectivity index (χ1v) is 19.0. The van der Waals surface area contributed by atoms with Crippen molar-refractivity contribution in [3.63, 3.8) is 0 Å². The lowest BCUT2D eigenvalue weighted by Gasteiger charge is -2.18. The summed E-state index contributed by atoms with van der Waals surface area (Å²) >= 11 is 5.69. The molecule has 0 aliphatic carbocycles. The van der Waals surface area contributed by atoms with Crippen molar-refractivity contribution in [2.75, 3.05) is 6.54 Å². The lowest BCUT2D eigenvalue weighted by Crippen LogP contribution is -1.97. The van der Waals surface area contributed by atoms with Crippen molar-refractivity contribution in [1.29, 1.82) is 0 Å².